The van der Waals surface area contributed by atoms with Gasteiger partial charge in [-0.15, -0.1) is 0 Å². The largest absolute Gasteiger partial charge is 0.355 e. The molecule has 0 unspecified atom stereocenters. The van der Waals surface area contributed by atoms with Gasteiger partial charge >= 0.3 is 0 Å². The highest BCUT2D eigenvalue weighted by atomic mass is 16.1. The first-order valence-electron chi connectivity index (χ1n) is 6.02. The standard InChI is InChI=1S/C15H16N2O/c1-3-14-13(8-5-9-17-14)11-6-4-7-12(10-11)15(18)16-2/h4-10H,3H2,1-2H3,(H,16,18). The fourth-order valence-corrected chi connectivity index (χ4v) is 1.95. The molecule has 0 atom stereocenters. The second-order valence-corrected chi connectivity index (χ2v) is 4.01. The molecule has 1 amide bonds. The van der Waals surface area contributed by atoms with Crippen molar-refractivity contribution in [2.75, 3.05) is 7.05 Å². The molecule has 0 aliphatic heterocycles. The molecule has 1 aromatic carbocycles. The van der Waals surface area contributed by atoms with Crippen LogP contribution >= 0.6 is 0 Å². The molecule has 0 spiro atoms. The first-order chi connectivity index (χ1) is 8.76. The summed E-state index contributed by atoms with van der Waals surface area (Å²) >= 11 is 0. The van der Waals surface area contributed by atoms with Crippen molar-refractivity contribution >= 4 is 5.91 Å². The third kappa shape index (κ3) is 2.40. The first-order valence-corrected chi connectivity index (χ1v) is 6.02. The number of hydrogen-bond donors (Lipinski definition) is 1. The summed E-state index contributed by atoms with van der Waals surface area (Å²) in [5.74, 6) is -0.0706. The Morgan fingerprint density at radius 1 is 1.28 bits per heavy atom. The predicted molar refractivity (Wildman–Crippen MR) is 72.4 cm³/mol. The second kappa shape index (κ2) is 5.45. The van der Waals surface area contributed by atoms with E-state index < -0.39 is 0 Å². The molecule has 0 aliphatic carbocycles. The van der Waals surface area contributed by atoms with E-state index in [9.17, 15) is 4.79 Å². The van der Waals surface area contributed by atoms with Crippen molar-refractivity contribution < 1.29 is 4.79 Å². The number of carbonyl (C=O) groups is 1. The van der Waals surface area contributed by atoms with Crippen LogP contribution in [0.2, 0.25) is 0 Å². The minimum Gasteiger partial charge on any atom is -0.355 e. The minimum absolute atomic E-state index is 0.0706. The second-order valence-electron chi connectivity index (χ2n) is 4.01. The van der Waals surface area contributed by atoms with E-state index in [0.717, 1.165) is 23.2 Å². The molecular formula is C15H16N2O. The number of amides is 1. The maximum Gasteiger partial charge on any atom is 0.251 e. The number of nitrogens with zero attached hydrogens (tertiary/aromatic N) is 1. The van der Waals surface area contributed by atoms with Crippen LogP contribution in [-0.4, -0.2) is 17.9 Å². The third-order valence-electron chi connectivity index (χ3n) is 2.89. The van der Waals surface area contributed by atoms with E-state index in [2.05, 4.69) is 17.2 Å². The summed E-state index contributed by atoms with van der Waals surface area (Å²) in [5, 5.41) is 2.63. The number of hydrogen-bond acceptors (Lipinski definition) is 2. The normalized spacial score (nSPS) is 10.1. The molecule has 2 rings (SSSR count). The Bertz CT molecular complexity index is 564. The summed E-state index contributed by atoms with van der Waals surface area (Å²) in [7, 11) is 1.64. The molecule has 3 heteroatoms. The lowest BCUT2D eigenvalue weighted by molar-refractivity contribution is 0.0963. The van der Waals surface area contributed by atoms with Crippen molar-refractivity contribution in [2.24, 2.45) is 0 Å². The summed E-state index contributed by atoms with van der Waals surface area (Å²) in [4.78, 5) is 16.0. The van der Waals surface area contributed by atoms with Gasteiger partial charge in [0.25, 0.3) is 5.91 Å². The van der Waals surface area contributed by atoms with Crippen molar-refractivity contribution in [3.05, 3.63) is 53.9 Å². The van der Waals surface area contributed by atoms with Gasteiger partial charge in [-0.2, -0.15) is 0 Å². The highest BCUT2D eigenvalue weighted by molar-refractivity contribution is 5.95. The zero-order valence-electron chi connectivity index (χ0n) is 10.6. The predicted octanol–water partition coefficient (Wildman–Crippen LogP) is 2.67. The van der Waals surface area contributed by atoms with E-state index >= 15 is 0 Å². The molecule has 0 saturated heterocycles. The zero-order valence-corrected chi connectivity index (χ0v) is 10.6. The number of benzene rings is 1. The summed E-state index contributed by atoms with van der Waals surface area (Å²) in [6.45, 7) is 2.08. The van der Waals surface area contributed by atoms with Crippen LogP contribution < -0.4 is 5.32 Å². The van der Waals surface area contributed by atoms with Crippen LogP contribution in [0, 0.1) is 0 Å². The molecule has 0 fully saturated rings. The Hall–Kier alpha value is -2.16. The summed E-state index contributed by atoms with van der Waals surface area (Å²) in [6.07, 6.45) is 2.67. The molecule has 0 radical (unpaired) electrons. The van der Waals surface area contributed by atoms with E-state index in [1.807, 2.05) is 36.4 Å². The number of nitrogens with one attached hydrogen (secondary N) is 1. The Morgan fingerprint density at radius 2 is 2.11 bits per heavy atom. The molecule has 2 aromatic rings. The van der Waals surface area contributed by atoms with Crippen molar-refractivity contribution in [1.82, 2.24) is 10.3 Å². The van der Waals surface area contributed by atoms with Crippen LogP contribution in [0.25, 0.3) is 11.1 Å². The highest BCUT2D eigenvalue weighted by Crippen LogP contribution is 2.23. The van der Waals surface area contributed by atoms with Crippen molar-refractivity contribution in [2.45, 2.75) is 13.3 Å². The van der Waals surface area contributed by atoms with Gasteiger partial charge in [0.05, 0.1) is 0 Å². The molecule has 1 heterocycles. The van der Waals surface area contributed by atoms with Crippen LogP contribution in [0.3, 0.4) is 0 Å². The number of carbonyl (C=O) groups excluding carboxylic acids is 1. The lowest BCUT2D eigenvalue weighted by atomic mass is 10.0. The van der Waals surface area contributed by atoms with Crippen LogP contribution in [0.1, 0.15) is 23.0 Å². The highest BCUT2D eigenvalue weighted by Gasteiger charge is 2.07. The van der Waals surface area contributed by atoms with Crippen LogP contribution in [0.15, 0.2) is 42.6 Å². The molecule has 1 N–H and O–H groups in total. The average Bonchev–Trinajstić information content (AvgIpc) is 2.46. The maximum absolute atomic E-state index is 11.6. The van der Waals surface area contributed by atoms with Crippen LogP contribution in [0.5, 0.6) is 0 Å². The first kappa shape index (κ1) is 12.3. The monoisotopic (exact) mass is 240 g/mol. The van der Waals surface area contributed by atoms with E-state index in [1.165, 1.54) is 0 Å². The lowest BCUT2D eigenvalue weighted by Crippen LogP contribution is -2.17. The molecule has 0 saturated carbocycles. The quantitative estimate of drug-likeness (QED) is 0.896. The summed E-state index contributed by atoms with van der Waals surface area (Å²) in [5.41, 5.74) is 3.83. The maximum atomic E-state index is 11.6. The molecular weight excluding hydrogens is 224 g/mol. The van der Waals surface area contributed by atoms with E-state index in [1.54, 1.807) is 13.2 Å². The van der Waals surface area contributed by atoms with E-state index in [4.69, 9.17) is 0 Å². The average molecular weight is 240 g/mol. The number of rotatable bonds is 3. The molecule has 0 bridgehead atoms. The molecule has 3 nitrogen and oxygen atoms in total. The van der Waals surface area contributed by atoms with Gasteiger partial charge in [-0.1, -0.05) is 25.1 Å². The molecule has 1 aromatic heterocycles. The zero-order chi connectivity index (χ0) is 13.0. The minimum atomic E-state index is -0.0706. The van der Waals surface area contributed by atoms with Gasteiger partial charge < -0.3 is 5.32 Å². The molecule has 0 aliphatic rings. The SMILES string of the molecule is CCc1ncccc1-c1cccc(C(=O)NC)c1. The van der Waals surface area contributed by atoms with E-state index in [-0.39, 0.29) is 5.91 Å². The number of pyridine rings is 1. The van der Waals surface area contributed by atoms with Crippen molar-refractivity contribution in [1.29, 1.82) is 0 Å². The summed E-state index contributed by atoms with van der Waals surface area (Å²) in [6, 6.07) is 11.6. The Morgan fingerprint density at radius 3 is 2.83 bits per heavy atom. The van der Waals surface area contributed by atoms with Gasteiger partial charge in [0.2, 0.25) is 0 Å². The topological polar surface area (TPSA) is 42.0 Å². The van der Waals surface area contributed by atoms with E-state index in [0.29, 0.717) is 5.56 Å². The van der Waals surface area contributed by atoms with Crippen LogP contribution in [0.4, 0.5) is 0 Å². The van der Waals surface area contributed by atoms with Crippen LogP contribution in [-0.2, 0) is 6.42 Å². The van der Waals surface area contributed by atoms with Crippen molar-refractivity contribution in [3.63, 3.8) is 0 Å². The van der Waals surface area contributed by atoms with Gasteiger partial charge in [0.1, 0.15) is 0 Å². The Labute approximate surface area is 107 Å². The summed E-state index contributed by atoms with van der Waals surface area (Å²) < 4.78 is 0. The molecule has 92 valence electrons. The van der Waals surface area contributed by atoms with Gasteiger partial charge in [-0.05, 0) is 30.2 Å². The Kier molecular flexibility index (Phi) is 3.72. The third-order valence-corrected chi connectivity index (χ3v) is 2.89. The van der Waals surface area contributed by atoms with Gasteiger partial charge in [0.15, 0.2) is 0 Å². The van der Waals surface area contributed by atoms with Crippen molar-refractivity contribution in [3.8, 4) is 11.1 Å². The lowest BCUT2D eigenvalue weighted by Gasteiger charge is -2.08. The smallest absolute Gasteiger partial charge is 0.251 e. The fourth-order valence-electron chi connectivity index (χ4n) is 1.95. The van der Waals surface area contributed by atoms with Gasteiger partial charge in [0, 0.05) is 30.1 Å². The Balaban J connectivity index is 2.48. The van der Waals surface area contributed by atoms with Gasteiger partial charge in [-0.25, -0.2) is 0 Å². The number of aromatic nitrogens is 1. The fraction of sp³-hybridized carbons (Fsp3) is 0.200. The number of aryl methyl sites for hydroxylation is 1. The van der Waals surface area contributed by atoms with Gasteiger partial charge in [-0.3, -0.25) is 9.78 Å². The molecule has 18 heavy (non-hydrogen) atoms.